The van der Waals surface area contributed by atoms with Crippen LogP contribution < -0.4 is 26.0 Å². The Hall–Kier alpha value is -3.30. The van der Waals surface area contributed by atoms with Gasteiger partial charge >= 0.3 is 0 Å². The number of anilines is 2. The third kappa shape index (κ3) is 4.30. The summed E-state index contributed by atoms with van der Waals surface area (Å²) in [5.74, 6) is -1.51. The molecule has 1 fully saturated rings. The van der Waals surface area contributed by atoms with E-state index in [1.165, 1.54) is 23.8 Å². The molecule has 0 spiro atoms. The van der Waals surface area contributed by atoms with Crippen LogP contribution in [-0.4, -0.2) is 63.5 Å². The number of pyridine rings is 1. The normalized spacial score (nSPS) is 21.1. The van der Waals surface area contributed by atoms with Crippen molar-refractivity contribution in [2.24, 2.45) is 5.16 Å². The highest BCUT2D eigenvalue weighted by molar-refractivity contribution is 8.00. The Morgan fingerprint density at radius 2 is 2.31 bits per heavy atom. The molecular weight excluding hydrogens is 514 g/mol. The van der Waals surface area contributed by atoms with E-state index in [9.17, 15) is 19.5 Å². The van der Waals surface area contributed by atoms with E-state index in [4.69, 9.17) is 10.6 Å². The molecule has 3 aliphatic heterocycles. The van der Waals surface area contributed by atoms with E-state index in [2.05, 4.69) is 20.8 Å². The summed E-state index contributed by atoms with van der Waals surface area (Å²) in [6.45, 7) is 0.299. The van der Waals surface area contributed by atoms with Gasteiger partial charge in [0.05, 0.1) is 28.1 Å². The SMILES string of the molecule is CON=C(C(=O)NC1C(=O)N2C(C(=O)[O-])=C(C[n+]3ccc4c(c3)SCN4)CS[C@H]12)c1csc(N)n1. The number of carbonyl (C=O) groups is 3. The van der Waals surface area contributed by atoms with Crippen molar-refractivity contribution in [3.05, 3.63) is 40.8 Å². The van der Waals surface area contributed by atoms with Gasteiger partial charge in [-0.1, -0.05) is 16.9 Å². The van der Waals surface area contributed by atoms with Crippen LogP contribution in [0.3, 0.4) is 0 Å². The third-order valence-corrected chi connectivity index (χ3v) is 8.47. The number of nitrogen functional groups attached to an aromatic ring is 1. The van der Waals surface area contributed by atoms with E-state index in [1.807, 2.05) is 23.0 Å². The van der Waals surface area contributed by atoms with Crippen LogP contribution in [0.15, 0.2) is 45.2 Å². The molecule has 1 unspecified atom stereocenters. The number of carboxylic acid groups (broad SMARTS) is 1. The number of rotatable bonds is 7. The third-order valence-electron chi connectivity index (χ3n) is 5.53. The Kier molecular flexibility index (Phi) is 6.29. The molecule has 1 saturated heterocycles. The zero-order chi connectivity index (χ0) is 24.7. The second-order valence-electron chi connectivity index (χ2n) is 7.65. The number of carbonyl (C=O) groups excluding carboxylic acids is 3. The number of aromatic nitrogens is 2. The number of aliphatic carboxylic acids is 1. The molecule has 2 atom stereocenters. The number of nitrogens with two attached hydrogens (primary N) is 1. The van der Waals surface area contributed by atoms with Crippen LogP contribution in [0.25, 0.3) is 0 Å². The molecule has 4 N–H and O–H groups in total. The molecule has 0 bridgehead atoms. The Balaban J connectivity index is 1.34. The fraction of sp³-hybridized carbons (Fsp3) is 0.300. The highest BCUT2D eigenvalue weighted by Gasteiger charge is 2.53. The number of amides is 2. The molecule has 182 valence electrons. The maximum Gasteiger partial charge on any atom is 0.276 e. The molecule has 0 aliphatic carbocycles. The summed E-state index contributed by atoms with van der Waals surface area (Å²) < 4.78 is 1.88. The van der Waals surface area contributed by atoms with E-state index in [0.717, 1.165) is 27.8 Å². The minimum Gasteiger partial charge on any atom is -0.543 e. The van der Waals surface area contributed by atoms with Gasteiger partial charge in [0.15, 0.2) is 29.8 Å². The number of fused-ring (bicyclic) bond motifs is 2. The first kappa shape index (κ1) is 23.4. The molecular formula is C20H19N7O5S3. The van der Waals surface area contributed by atoms with Crippen LogP contribution in [0.5, 0.6) is 0 Å². The number of nitrogens with one attached hydrogen (secondary N) is 2. The summed E-state index contributed by atoms with van der Waals surface area (Å²) >= 11 is 4.16. The molecule has 15 heteroatoms. The number of carboxylic acids is 1. The topological polar surface area (TPSA) is 166 Å². The standard InChI is InChI=1S/C20H19N7O5S3/c1-32-25-13(11-7-34-20(21)23-11)16(28)24-14-17(29)27-15(19(30)31)9(6-33-18(14)27)4-26-3-2-10-12(5-26)35-8-22-10/h2-3,5,7,14,18H,4,6,8H2,1H3,(H4,21,23,24,28,30,31)/t14?,18-/m1/s1. The first-order valence-electron chi connectivity index (χ1n) is 10.3. The lowest BCUT2D eigenvalue weighted by atomic mass is 10.0. The molecule has 12 nitrogen and oxygen atoms in total. The molecule has 0 radical (unpaired) electrons. The summed E-state index contributed by atoms with van der Waals surface area (Å²) in [5.41, 5.74) is 7.16. The summed E-state index contributed by atoms with van der Waals surface area (Å²) in [4.78, 5) is 48.9. The number of thiazole rings is 1. The van der Waals surface area contributed by atoms with Crippen LogP contribution in [0, 0.1) is 0 Å². The van der Waals surface area contributed by atoms with Crippen molar-refractivity contribution in [3.63, 3.8) is 0 Å². The van der Waals surface area contributed by atoms with Crippen LogP contribution in [0.2, 0.25) is 0 Å². The van der Waals surface area contributed by atoms with E-state index in [0.29, 0.717) is 17.9 Å². The van der Waals surface area contributed by atoms with Crippen LogP contribution >= 0.6 is 34.9 Å². The Morgan fingerprint density at radius 1 is 1.49 bits per heavy atom. The summed E-state index contributed by atoms with van der Waals surface area (Å²) in [6, 6.07) is 1.000. The summed E-state index contributed by atoms with van der Waals surface area (Å²) in [5, 5.41) is 22.8. The average Bonchev–Trinajstić information content (AvgIpc) is 3.48. The monoisotopic (exact) mass is 533 g/mol. The van der Waals surface area contributed by atoms with Crippen molar-refractivity contribution in [2.45, 2.75) is 22.9 Å². The highest BCUT2D eigenvalue weighted by atomic mass is 32.2. The molecule has 0 saturated carbocycles. The van der Waals surface area contributed by atoms with Gasteiger partial charge in [-0.2, -0.15) is 4.57 Å². The molecule has 2 aromatic heterocycles. The number of β-lactam (4-membered cyclic amide) rings is 1. The van der Waals surface area contributed by atoms with Crippen LogP contribution in [0.4, 0.5) is 10.8 Å². The molecule has 2 aromatic rings. The second-order valence-corrected chi connectivity index (χ2v) is 10.7. The lowest BCUT2D eigenvalue weighted by molar-refractivity contribution is -0.690. The predicted molar refractivity (Wildman–Crippen MR) is 128 cm³/mol. The molecule has 35 heavy (non-hydrogen) atoms. The average molecular weight is 534 g/mol. The highest BCUT2D eigenvalue weighted by Crippen LogP contribution is 2.40. The first-order valence-corrected chi connectivity index (χ1v) is 13.2. The smallest absolute Gasteiger partial charge is 0.276 e. The first-order chi connectivity index (χ1) is 16.9. The number of oxime groups is 1. The maximum atomic E-state index is 13.0. The van der Waals surface area contributed by atoms with Gasteiger partial charge in [-0.25, -0.2) is 4.98 Å². The summed E-state index contributed by atoms with van der Waals surface area (Å²) in [7, 11) is 1.28. The van der Waals surface area contributed by atoms with E-state index in [1.54, 1.807) is 17.1 Å². The second kappa shape index (κ2) is 9.39. The fourth-order valence-corrected chi connectivity index (χ4v) is 6.75. The number of nitrogens with zero attached hydrogens (tertiary/aromatic N) is 4. The quantitative estimate of drug-likeness (QED) is 0.173. The zero-order valence-corrected chi connectivity index (χ0v) is 20.7. The Morgan fingerprint density at radius 3 is 3.03 bits per heavy atom. The number of thioether (sulfide) groups is 2. The lowest BCUT2D eigenvalue weighted by Crippen LogP contribution is -2.71. The van der Waals surface area contributed by atoms with Gasteiger partial charge in [-0.15, -0.1) is 23.1 Å². The minimum absolute atomic E-state index is 0.135. The van der Waals surface area contributed by atoms with Crippen molar-refractivity contribution < 1.29 is 28.9 Å². The van der Waals surface area contributed by atoms with Gasteiger partial charge in [0.2, 0.25) is 0 Å². The minimum atomic E-state index is -1.43. The van der Waals surface area contributed by atoms with Crippen molar-refractivity contribution in [3.8, 4) is 0 Å². The van der Waals surface area contributed by atoms with Crippen LogP contribution in [0.1, 0.15) is 5.69 Å². The molecule has 5 heterocycles. The van der Waals surface area contributed by atoms with E-state index >= 15 is 0 Å². The van der Waals surface area contributed by atoms with E-state index < -0.39 is 29.2 Å². The van der Waals surface area contributed by atoms with Gasteiger partial charge in [-0.3, -0.25) is 14.5 Å². The molecule has 5 rings (SSSR count). The number of hydrogen-bond acceptors (Lipinski definition) is 12. The fourth-order valence-electron chi connectivity index (χ4n) is 3.98. The Labute approximate surface area is 211 Å². The van der Waals surface area contributed by atoms with Gasteiger partial charge < -0.3 is 31.1 Å². The lowest BCUT2D eigenvalue weighted by Gasteiger charge is -2.50. The molecule has 3 aliphatic rings. The largest absolute Gasteiger partial charge is 0.543 e. The van der Waals surface area contributed by atoms with Gasteiger partial charge in [0.25, 0.3) is 11.8 Å². The molecule has 2 amide bonds. The number of hydrogen-bond donors (Lipinski definition) is 3. The van der Waals surface area contributed by atoms with Gasteiger partial charge in [0, 0.05) is 22.8 Å². The van der Waals surface area contributed by atoms with E-state index in [-0.39, 0.29) is 22.2 Å². The zero-order valence-electron chi connectivity index (χ0n) is 18.2. The van der Waals surface area contributed by atoms with Gasteiger partial charge in [0.1, 0.15) is 24.2 Å². The van der Waals surface area contributed by atoms with Crippen molar-refractivity contribution >= 4 is 69.2 Å². The Bertz CT molecular complexity index is 1290. The maximum absolute atomic E-state index is 13.0. The molecule has 0 aromatic carbocycles. The predicted octanol–water partition coefficient (Wildman–Crippen LogP) is -1.06. The van der Waals surface area contributed by atoms with Crippen molar-refractivity contribution in [1.82, 2.24) is 15.2 Å². The summed E-state index contributed by atoms with van der Waals surface area (Å²) in [6.07, 6.45) is 3.80. The van der Waals surface area contributed by atoms with Crippen molar-refractivity contribution in [2.75, 3.05) is 29.8 Å². The van der Waals surface area contributed by atoms with Gasteiger partial charge in [-0.05, 0) is 0 Å². The van der Waals surface area contributed by atoms with Crippen molar-refractivity contribution in [1.29, 1.82) is 0 Å². The van der Waals surface area contributed by atoms with Crippen LogP contribution in [-0.2, 0) is 25.8 Å².